The van der Waals surface area contributed by atoms with Crippen molar-refractivity contribution in [1.82, 2.24) is 30.5 Å². The number of nitrogens with zero attached hydrogens (tertiary/aromatic N) is 4. The van der Waals surface area contributed by atoms with Gasteiger partial charge in [-0.3, -0.25) is 19.2 Å². The van der Waals surface area contributed by atoms with E-state index in [0.29, 0.717) is 37.6 Å². The highest BCUT2D eigenvalue weighted by Gasteiger charge is 2.21. The van der Waals surface area contributed by atoms with E-state index in [2.05, 4.69) is 46.6 Å². The van der Waals surface area contributed by atoms with E-state index in [0.717, 1.165) is 37.2 Å². The normalized spacial score (nSPS) is 19.6. The van der Waals surface area contributed by atoms with Crippen molar-refractivity contribution in [1.29, 1.82) is 0 Å². The van der Waals surface area contributed by atoms with Crippen molar-refractivity contribution in [3.63, 3.8) is 0 Å². The molecule has 0 saturated heterocycles. The van der Waals surface area contributed by atoms with Crippen molar-refractivity contribution in [3.05, 3.63) is 41.2 Å². The number of aryl methyl sites for hydroxylation is 2. The molecule has 0 radical (unpaired) electrons. The molecule has 9 heteroatoms. The number of rotatable bonds is 1. The van der Waals surface area contributed by atoms with Crippen LogP contribution in [-0.4, -0.2) is 64.0 Å². The highest BCUT2D eigenvalue weighted by molar-refractivity contribution is 5.99. The summed E-state index contributed by atoms with van der Waals surface area (Å²) < 4.78 is 7.80. The number of nitrogens with one attached hydrogen (secondary N) is 2. The summed E-state index contributed by atoms with van der Waals surface area (Å²) in [6.45, 7) is 14.4. The highest BCUT2D eigenvalue weighted by Crippen LogP contribution is 2.21. The molecule has 0 unspecified atom stereocenters. The number of amides is 2. The third-order valence-corrected chi connectivity index (χ3v) is 5.53. The fourth-order valence-corrected chi connectivity index (χ4v) is 3.99. The highest BCUT2D eigenvalue weighted by atomic mass is 16.5. The van der Waals surface area contributed by atoms with Gasteiger partial charge in [0.05, 0.1) is 17.9 Å². The van der Waals surface area contributed by atoms with Crippen molar-refractivity contribution >= 4 is 11.8 Å². The largest absolute Gasteiger partial charge is 0.493 e. The number of aromatic nitrogens is 3. The topological polar surface area (TPSA) is 101 Å². The fourth-order valence-electron chi connectivity index (χ4n) is 3.99. The summed E-state index contributed by atoms with van der Waals surface area (Å²) in [6, 6.07) is 4.80. The van der Waals surface area contributed by atoms with Crippen LogP contribution < -0.4 is 15.4 Å². The predicted molar refractivity (Wildman–Crippen MR) is 131 cm³/mol. The van der Waals surface area contributed by atoms with Crippen LogP contribution >= 0.6 is 0 Å². The van der Waals surface area contributed by atoms with Crippen LogP contribution in [0.4, 0.5) is 0 Å². The number of ether oxygens (including phenoxy) is 1. The second-order valence-corrected chi connectivity index (χ2v) is 10.3. The van der Waals surface area contributed by atoms with Crippen LogP contribution in [0, 0.1) is 12.3 Å². The second kappa shape index (κ2) is 11.5. The van der Waals surface area contributed by atoms with Gasteiger partial charge in [0.15, 0.2) is 0 Å². The first-order valence-electron chi connectivity index (χ1n) is 12.0. The van der Waals surface area contributed by atoms with Gasteiger partial charge >= 0.3 is 0 Å². The van der Waals surface area contributed by atoms with Crippen LogP contribution in [0.15, 0.2) is 24.4 Å². The Morgan fingerprint density at radius 3 is 2.74 bits per heavy atom. The van der Waals surface area contributed by atoms with Crippen LogP contribution in [0.25, 0.3) is 0 Å². The summed E-state index contributed by atoms with van der Waals surface area (Å²) in [7, 11) is 0. The molecule has 1 aromatic heterocycles. The van der Waals surface area contributed by atoms with Gasteiger partial charge in [0.2, 0.25) is 5.91 Å². The zero-order valence-electron chi connectivity index (χ0n) is 21.1. The zero-order chi connectivity index (χ0) is 24.7. The van der Waals surface area contributed by atoms with Crippen LogP contribution in [0.5, 0.6) is 5.75 Å². The van der Waals surface area contributed by atoms with Crippen LogP contribution in [0.2, 0.25) is 0 Å². The molecule has 2 bridgehead atoms. The molecule has 1 aliphatic rings. The molecular formula is C25H38N6O3. The average molecular weight is 471 g/mol. The Kier molecular flexibility index (Phi) is 8.66. The number of carbonyl (C=O) groups excluding carboxylic acids is 2. The minimum atomic E-state index is -0.650. The lowest BCUT2D eigenvalue weighted by Crippen LogP contribution is -2.45. The van der Waals surface area contributed by atoms with Crippen LogP contribution in [0.3, 0.4) is 0 Å². The van der Waals surface area contributed by atoms with E-state index in [1.807, 2.05) is 29.9 Å². The Labute approximate surface area is 202 Å². The lowest BCUT2D eigenvalue weighted by molar-refractivity contribution is -0.122. The summed E-state index contributed by atoms with van der Waals surface area (Å²) in [5.74, 6) is -0.0147. The monoisotopic (exact) mass is 470 g/mol. The van der Waals surface area contributed by atoms with Gasteiger partial charge in [0.25, 0.3) is 5.91 Å². The first-order chi connectivity index (χ1) is 16.1. The van der Waals surface area contributed by atoms with Crippen molar-refractivity contribution in [2.45, 2.75) is 66.6 Å². The molecule has 9 nitrogen and oxygen atoms in total. The lowest BCUT2D eigenvalue weighted by Gasteiger charge is -2.29. The van der Waals surface area contributed by atoms with Crippen LogP contribution in [-0.2, 0) is 17.9 Å². The van der Waals surface area contributed by atoms with Crippen molar-refractivity contribution in [3.8, 4) is 5.75 Å². The van der Waals surface area contributed by atoms with Gasteiger partial charge in [-0.25, -0.2) is 0 Å². The summed E-state index contributed by atoms with van der Waals surface area (Å²) in [5, 5.41) is 14.4. The minimum absolute atomic E-state index is 0.137. The molecule has 1 atom stereocenters. The molecule has 2 aromatic rings. The Morgan fingerprint density at radius 1 is 1.18 bits per heavy atom. The third-order valence-electron chi connectivity index (χ3n) is 5.53. The predicted octanol–water partition coefficient (Wildman–Crippen LogP) is 2.54. The van der Waals surface area contributed by atoms with E-state index in [1.54, 1.807) is 13.0 Å². The minimum Gasteiger partial charge on any atom is -0.493 e. The van der Waals surface area contributed by atoms with Gasteiger partial charge in [-0.2, -0.15) is 0 Å². The standard InChI is InChI=1S/C25H38N6O3/c1-18-8-9-21-22(14-18)34-13-7-12-31-16-20(28-29-31)15-30(17-25(3,4)5)11-6-10-26-23(32)19(2)27-24(21)33/h8-9,14,16,19H,6-7,10-13,15,17H2,1-5H3,(H,26,32)(H,27,33)/t19-/m1/s1. The van der Waals surface area contributed by atoms with Gasteiger partial charge in [0, 0.05) is 45.3 Å². The molecule has 0 saturated carbocycles. The number of hydrogen-bond donors (Lipinski definition) is 2. The zero-order valence-corrected chi connectivity index (χ0v) is 21.1. The van der Waals surface area contributed by atoms with E-state index < -0.39 is 6.04 Å². The Hall–Kier alpha value is -2.94. The smallest absolute Gasteiger partial charge is 0.255 e. The first kappa shape index (κ1) is 25.7. The summed E-state index contributed by atoms with van der Waals surface area (Å²) in [6.07, 6.45) is 3.51. The van der Waals surface area contributed by atoms with Crippen molar-refractivity contribution in [2.75, 3.05) is 26.2 Å². The SMILES string of the molecule is Cc1ccc2c(c1)OCCCn1cc(nn1)CN(CC(C)(C)C)CCCNC(=O)[C@@H](C)NC2=O. The average Bonchev–Trinajstić information content (AvgIpc) is 3.19. The van der Waals surface area contributed by atoms with Gasteiger partial charge in [-0.1, -0.05) is 32.1 Å². The Bertz CT molecular complexity index is 981. The van der Waals surface area contributed by atoms with E-state index in [1.165, 1.54) is 0 Å². The molecule has 2 amide bonds. The number of hydrogen-bond acceptors (Lipinski definition) is 6. The van der Waals surface area contributed by atoms with Crippen molar-refractivity contribution < 1.29 is 14.3 Å². The summed E-state index contributed by atoms with van der Waals surface area (Å²) >= 11 is 0. The molecule has 0 spiro atoms. The second-order valence-electron chi connectivity index (χ2n) is 10.3. The molecule has 3 rings (SSSR count). The van der Waals surface area contributed by atoms with Gasteiger partial charge in [-0.15, -0.1) is 5.10 Å². The number of carbonyl (C=O) groups is 2. The molecule has 0 aliphatic carbocycles. The molecule has 2 N–H and O–H groups in total. The number of fused-ring (bicyclic) bond motifs is 3. The Balaban J connectivity index is 1.76. The lowest BCUT2D eigenvalue weighted by atomic mass is 9.96. The Morgan fingerprint density at radius 2 is 1.97 bits per heavy atom. The molecule has 2 heterocycles. The van der Waals surface area contributed by atoms with Crippen molar-refractivity contribution in [2.24, 2.45) is 5.41 Å². The quantitative estimate of drug-likeness (QED) is 0.664. The molecule has 1 aromatic carbocycles. The van der Waals surface area contributed by atoms with Crippen LogP contribution in [0.1, 0.15) is 62.2 Å². The maximum atomic E-state index is 12.9. The van der Waals surface area contributed by atoms with E-state index in [-0.39, 0.29) is 17.2 Å². The molecular weight excluding hydrogens is 432 g/mol. The molecule has 1 aliphatic heterocycles. The summed E-state index contributed by atoms with van der Waals surface area (Å²) in [5.41, 5.74) is 2.48. The van der Waals surface area contributed by atoms with Gasteiger partial charge < -0.3 is 15.4 Å². The molecule has 0 fully saturated rings. The van der Waals surface area contributed by atoms with Gasteiger partial charge in [0.1, 0.15) is 11.8 Å². The van der Waals surface area contributed by atoms with E-state index >= 15 is 0 Å². The molecule has 186 valence electrons. The van der Waals surface area contributed by atoms with Gasteiger partial charge in [-0.05, 0) is 43.4 Å². The molecule has 34 heavy (non-hydrogen) atoms. The fraction of sp³-hybridized carbons (Fsp3) is 0.600. The third kappa shape index (κ3) is 7.83. The summed E-state index contributed by atoms with van der Waals surface area (Å²) in [4.78, 5) is 27.8. The number of benzene rings is 1. The maximum Gasteiger partial charge on any atom is 0.255 e. The first-order valence-corrected chi connectivity index (χ1v) is 12.0. The van der Waals surface area contributed by atoms with E-state index in [9.17, 15) is 9.59 Å². The maximum absolute atomic E-state index is 12.9. The van der Waals surface area contributed by atoms with E-state index in [4.69, 9.17) is 4.74 Å².